The van der Waals surface area contributed by atoms with Crippen LogP contribution < -0.4 is 10.7 Å². The van der Waals surface area contributed by atoms with E-state index in [4.69, 9.17) is 10.5 Å². The van der Waals surface area contributed by atoms with E-state index in [1.807, 2.05) is 37.3 Å². The minimum absolute atomic E-state index is 0.355. The van der Waals surface area contributed by atoms with Crippen LogP contribution in [0.1, 0.15) is 5.56 Å². The molecule has 0 saturated heterocycles. The Morgan fingerprint density at radius 3 is 2.80 bits per heavy atom. The van der Waals surface area contributed by atoms with E-state index in [1.165, 1.54) is 0 Å². The van der Waals surface area contributed by atoms with Crippen molar-refractivity contribution in [1.82, 2.24) is 0 Å². The van der Waals surface area contributed by atoms with Crippen LogP contribution in [0.5, 0.6) is 0 Å². The molecule has 0 spiro atoms. The molecule has 2 heterocycles. The van der Waals surface area contributed by atoms with Gasteiger partial charge >= 0.3 is 0 Å². The molecule has 2 aliphatic rings. The molecule has 3 rings (SSSR count). The van der Waals surface area contributed by atoms with Crippen LogP contribution in [0.4, 0.5) is 5.69 Å². The van der Waals surface area contributed by atoms with Gasteiger partial charge in [0.2, 0.25) is 0 Å². The Labute approximate surface area is 117 Å². The van der Waals surface area contributed by atoms with Crippen molar-refractivity contribution < 1.29 is 4.74 Å². The van der Waals surface area contributed by atoms with Crippen molar-refractivity contribution in [2.75, 3.05) is 18.2 Å². The maximum absolute atomic E-state index is 9.36. The summed E-state index contributed by atoms with van der Waals surface area (Å²) in [6.45, 7) is 2.89. The molecular formula is C15H14N4O. The molecule has 20 heavy (non-hydrogen) atoms. The second kappa shape index (κ2) is 4.83. The SMILES string of the molecule is Cc1ccc(N2N=C3COCC=C3C(C#N)=C2N)cc1. The molecule has 0 atom stereocenters. The van der Waals surface area contributed by atoms with Gasteiger partial charge in [-0.15, -0.1) is 0 Å². The molecule has 1 aromatic rings. The largest absolute Gasteiger partial charge is 0.383 e. The molecule has 0 radical (unpaired) electrons. The van der Waals surface area contributed by atoms with Crippen molar-refractivity contribution in [3.63, 3.8) is 0 Å². The smallest absolute Gasteiger partial charge is 0.144 e. The lowest BCUT2D eigenvalue weighted by atomic mass is 9.99. The van der Waals surface area contributed by atoms with E-state index in [2.05, 4.69) is 11.2 Å². The number of allylic oxidation sites excluding steroid dienone is 1. The lowest BCUT2D eigenvalue weighted by Crippen LogP contribution is -2.34. The first-order chi connectivity index (χ1) is 9.70. The highest BCUT2D eigenvalue weighted by atomic mass is 16.5. The Kier molecular flexibility index (Phi) is 3.01. The molecule has 2 N–H and O–H groups in total. The number of hydrogen-bond acceptors (Lipinski definition) is 5. The van der Waals surface area contributed by atoms with Crippen molar-refractivity contribution in [3.05, 3.63) is 52.9 Å². The summed E-state index contributed by atoms with van der Waals surface area (Å²) in [4.78, 5) is 0. The number of hydrogen-bond donors (Lipinski definition) is 1. The number of aryl methyl sites for hydroxylation is 1. The fourth-order valence-corrected chi connectivity index (χ4v) is 2.24. The molecule has 2 aliphatic heterocycles. The van der Waals surface area contributed by atoms with E-state index < -0.39 is 0 Å². The number of anilines is 1. The molecule has 0 aliphatic carbocycles. The summed E-state index contributed by atoms with van der Waals surface area (Å²) in [5.41, 5.74) is 10.1. The highest BCUT2D eigenvalue weighted by molar-refractivity contribution is 6.08. The maximum atomic E-state index is 9.36. The summed E-state index contributed by atoms with van der Waals surface area (Å²) in [5, 5.41) is 15.5. The number of nitrogens with zero attached hydrogens (tertiary/aromatic N) is 3. The van der Waals surface area contributed by atoms with E-state index in [9.17, 15) is 5.26 Å². The number of hydrazone groups is 1. The van der Waals surface area contributed by atoms with Gasteiger partial charge in [0.15, 0.2) is 0 Å². The third kappa shape index (κ3) is 1.96. The Morgan fingerprint density at radius 1 is 1.35 bits per heavy atom. The molecule has 0 unspecified atom stereocenters. The van der Waals surface area contributed by atoms with Gasteiger partial charge in [0.25, 0.3) is 0 Å². The van der Waals surface area contributed by atoms with Crippen molar-refractivity contribution in [1.29, 1.82) is 5.26 Å². The van der Waals surface area contributed by atoms with Crippen LogP contribution in [-0.4, -0.2) is 18.9 Å². The van der Waals surface area contributed by atoms with Crippen LogP contribution in [0.25, 0.3) is 0 Å². The third-order valence-electron chi connectivity index (χ3n) is 3.32. The van der Waals surface area contributed by atoms with E-state index in [0.717, 1.165) is 22.5 Å². The molecule has 0 amide bonds. The number of ether oxygens (including phenoxy) is 1. The normalized spacial score (nSPS) is 18.1. The van der Waals surface area contributed by atoms with Crippen molar-refractivity contribution in [3.8, 4) is 6.07 Å². The average molecular weight is 266 g/mol. The first-order valence-corrected chi connectivity index (χ1v) is 6.33. The highest BCUT2D eigenvalue weighted by Crippen LogP contribution is 2.29. The number of rotatable bonds is 1. The first-order valence-electron chi connectivity index (χ1n) is 6.33. The first kappa shape index (κ1) is 12.5. The second-order valence-corrected chi connectivity index (χ2v) is 4.70. The van der Waals surface area contributed by atoms with Crippen LogP contribution in [0, 0.1) is 18.3 Å². The number of nitriles is 1. The summed E-state index contributed by atoms with van der Waals surface area (Å²) in [7, 11) is 0. The van der Waals surface area contributed by atoms with Crippen LogP contribution in [0.15, 0.2) is 52.4 Å². The number of fused-ring (bicyclic) bond motifs is 1. The summed E-state index contributed by atoms with van der Waals surface area (Å²) >= 11 is 0. The summed E-state index contributed by atoms with van der Waals surface area (Å²) < 4.78 is 5.36. The Balaban J connectivity index is 2.10. The van der Waals surface area contributed by atoms with Crippen LogP contribution >= 0.6 is 0 Å². The van der Waals surface area contributed by atoms with Gasteiger partial charge in [0, 0.05) is 5.57 Å². The average Bonchev–Trinajstić information content (AvgIpc) is 2.48. The molecule has 1 aromatic carbocycles. The van der Waals surface area contributed by atoms with Gasteiger partial charge in [-0.25, -0.2) is 5.01 Å². The fraction of sp³-hybridized carbons (Fsp3) is 0.200. The molecule has 0 aromatic heterocycles. The summed E-state index contributed by atoms with van der Waals surface area (Å²) in [6.07, 6.45) is 1.85. The summed E-state index contributed by atoms with van der Waals surface area (Å²) in [5.74, 6) is 0.355. The zero-order chi connectivity index (χ0) is 14.1. The van der Waals surface area contributed by atoms with Crippen LogP contribution in [0.3, 0.4) is 0 Å². The molecule has 0 bridgehead atoms. The minimum Gasteiger partial charge on any atom is -0.383 e. The third-order valence-corrected chi connectivity index (χ3v) is 3.32. The molecule has 100 valence electrons. The lowest BCUT2D eigenvalue weighted by Gasteiger charge is -2.29. The predicted molar refractivity (Wildman–Crippen MR) is 76.8 cm³/mol. The predicted octanol–water partition coefficient (Wildman–Crippen LogP) is 1.82. The maximum Gasteiger partial charge on any atom is 0.144 e. The second-order valence-electron chi connectivity index (χ2n) is 4.70. The zero-order valence-electron chi connectivity index (χ0n) is 11.1. The van der Waals surface area contributed by atoms with Gasteiger partial charge in [-0.3, -0.25) is 0 Å². The Hall–Kier alpha value is -2.58. The Morgan fingerprint density at radius 2 is 2.10 bits per heavy atom. The van der Waals surface area contributed by atoms with Crippen LogP contribution in [-0.2, 0) is 4.74 Å². The molecule has 0 fully saturated rings. The minimum atomic E-state index is 0.355. The monoisotopic (exact) mass is 266 g/mol. The standard InChI is InChI=1S/C15H14N4O/c1-10-2-4-11(5-3-10)19-15(17)13(8-16)12-6-7-20-9-14(12)18-19/h2-6H,7,9,17H2,1H3. The van der Waals surface area contributed by atoms with E-state index in [-0.39, 0.29) is 0 Å². The van der Waals surface area contributed by atoms with E-state index in [1.54, 1.807) is 5.01 Å². The molecule has 5 heteroatoms. The van der Waals surface area contributed by atoms with Crippen LogP contribution in [0.2, 0.25) is 0 Å². The molecule has 0 saturated carbocycles. The van der Waals surface area contributed by atoms with Gasteiger partial charge in [0.05, 0.1) is 24.6 Å². The van der Waals surface area contributed by atoms with Crippen molar-refractivity contribution in [2.24, 2.45) is 10.8 Å². The van der Waals surface area contributed by atoms with Gasteiger partial charge in [-0.1, -0.05) is 17.7 Å². The quantitative estimate of drug-likeness (QED) is 0.841. The Bertz CT molecular complexity index is 677. The lowest BCUT2D eigenvalue weighted by molar-refractivity contribution is 0.199. The number of nitrogens with two attached hydrogens (primary N) is 1. The van der Waals surface area contributed by atoms with Gasteiger partial charge < -0.3 is 10.5 Å². The summed E-state index contributed by atoms with van der Waals surface area (Å²) in [6, 6.07) is 10.0. The van der Waals surface area contributed by atoms with Crippen molar-refractivity contribution >= 4 is 11.4 Å². The van der Waals surface area contributed by atoms with Gasteiger partial charge in [-0.05, 0) is 25.1 Å². The molecular weight excluding hydrogens is 252 g/mol. The topological polar surface area (TPSA) is 74.6 Å². The fourth-order valence-electron chi connectivity index (χ4n) is 2.24. The molecule has 5 nitrogen and oxygen atoms in total. The van der Waals surface area contributed by atoms with E-state index >= 15 is 0 Å². The zero-order valence-corrected chi connectivity index (χ0v) is 11.1. The highest BCUT2D eigenvalue weighted by Gasteiger charge is 2.27. The van der Waals surface area contributed by atoms with E-state index in [0.29, 0.717) is 24.6 Å². The van der Waals surface area contributed by atoms with Gasteiger partial charge in [0.1, 0.15) is 17.5 Å². The number of benzene rings is 1. The van der Waals surface area contributed by atoms with Crippen molar-refractivity contribution in [2.45, 2.75) is 6.92 Å². The van der Waals surface area contributed by atoms with Gasteiger partial charge in [-0.2, -0.15) is 10.4 Å².